The summed E-state index contributed by atoms with van der Waals surface area (Å²) < 4.78 is 2.22. The highest BCUT2D eigenvalue weighted by atomic mass is 15.1. The summed E-state index contributed by atoms with van der Waals surface area (Å²) in [6, 6.07) is 0. The van der Waals surface area contributed by atoms with Crippen molar-refractivity contribution in [1.82, 2.24) is 14.9 Å². The Bertz CT molecular complexity index is 268. The van der Waals surface area contributed by atoms with Gasteiger partial charge in [0, 0.05) is 25.4 Å². The monoisotopic (exact) mass is 209 g/mol. The van der Waals surface area contributed by atoms with Crippen molar-refractivity contribution in [2.75, 3.05) is 13.1 Å². The van der Waals surface area contributed by atoms with Gasteiger partial charge >= 0.3 is 0 Å². The molecule has 1 unspecified atom stereocenters. The molecule has 0 saturated carbocycles. The Morgan fingerprint density at radius 2 is 2.27 bits per heavy atom. The zero-order chi connectivity index (χ0) is 11.1. The van der Waals surface area contributed by atoms with Gasteiger partial charge in [-0.3, -0.25) is 0 Å². The van der Waals surface area contributed by atoms with Crippen LogP contribution in [0.25, 0.3) is 0 Å². The molecule has 0 aromatic carbocycles. The number of aromatic nitrogens is 2. The van der Waals surface area contributed by atoms with Gasteiger partial charge in [-0.2, -0.15) is 0 Å². The average Bonchev–Trinajstić information content (AvgIpc) is 2.65. The van der Waals surface area contributed by atoms with Crippen LogP contribution in [-0.4, -0.2) is 22.6 Å². The van der Waals surface area contributed by atoms with Gasteiger partial charge in [-0.1, -0.05) is 13.8 Å². The van der Waals surface area contributed by atoms with Crippen molar-refractivity contribution < 1.29 is 0 Å². The quantitative estimate of drug-likeness (QED) is 0.697. The van der Waals surface area contributed by atoms with E-state index >= 15 is 0 Å². The fourth-order valence-electron chi connectivity index (χ4n) is 1.73. The Morgan fingerprint density at radius 3 is 2.93 bits per heavy atom. The molecule has 0 saturated heterocycles. The normalized spacial score (nSPS) is 13.0. The van der Waals surface area contributed by atoms with Crippen LogP contribution >= 0.6 is 0 Å². The summed E-state index contributed by atoms with van der Waals surface area (Å²) in [7, 11) is 0. The lowest BCUT2D eigenvalue weighted by atomic mass is 10.1. The van der Waals surface area contributed by atoms with Gasteiger partial charge in [-0.25, -0.2) is 4.98 Å². The molecule has 1 atom stereocenters. The van der Waals surface area contributed by atoms with Crippen LogP contribution in [0.1, 0.15) is 33.0 Å². The first-order valence-electron chi connectivity index (χ1n) is 5.98. The van der Waals surface area contributed by atoms with Crippen LogP contribution in [0.3, 0.4) is 0 Å². The second-order valence-corrected chi connectivity index (χ2v) is 4.14. The summed E-state index contributed by atoms with van der Waals surface area (Å²) in [6.45, 7) is 9.85. The Labute approximate surface area is 92.9 Å². The van der Waals surface area contributed by atoms with E-state index in [4.69, 9.17) is 0 Å². The van der Waals surface area contributed by atoms with E-state index in [0.717, 1.165) is 26.1 Å². The van der Waals surface area contributed by atoms with Gasteiger partial charge in [0.2, 0.25) is 0 Å². The molecule has 0 spiro atoms. The van der Waals surface area contributed by atoms with Crippen molar-refractivity contribution in [1.29, 1.82) is 0 Å². The minimum atomic E-state index is 0.657. The molecule has 0 bridgehead atoms. The molecule has 0 aliphatic rings. The zero-order valence-electron chi connectivity index (χ0n) is 10.2. The van der Waals surface area contributed by atoms with Crippen molar-refractivity contribution in [2.45, 2.75) is 40.2 Å². The van der Waals surface area contributed by atoms with E-state index in [0.29, 0.717) is 5.92 Å². The molecule has 1 N–H and O–H groups in total. The third-order valence-corrected chi connectivity index (χ3v) is 2.59. The maximum Gasteiger partial charge on any atom is 0.108 e. The lowest BCUT2D eigenvalue weighted by Gasteiger charge is -2.12. The standard InChI is InChI=1S/C12H23N3/c1-4-6-13-10-11(3)9-12-14-7-8-15(12)5-2/h7-8,11,13H,4-6,9-10H2,1-3H3. The number of imidazole rings is 1. The summed E-state index contributed by atoms with van der Waals surface area (Å²) in [4.78, 5) is 4.39. The highest BCUT2D eigenvalue weighted by molar-refractivity contribution is 4.93. The van der Waals surface area contributed by atoms with Crippen LogP contribution in [0.5, 0.6) is 0 Å². The van der Waals surface area contributed by atoms with Crippen LogP contribution in [0.2, 0.25) is 0 Å². The summed E-state index contributed by atoms with van der Waals surface area (Å²) in [5.41, 5.74) is 0. The minimum Gasteiger partial charge on any atom is -0.335 e. The molecular weight excluding hydrogens is 186 g/mol. The highest BCUT2D eigenvalue weighted by Gasteiger charge is 2.07. The lowest BCUT2D eigenvalue weighted by molar-refractivity contribution is 0.490. The molecule has 1 aromatic heterocycles. The maximum absolute atomic E-state index is 4.39. The molecule has 1 heterocycles. The number of rotatable bonds is 7. The van der Waals surface area contributed by atoms with Crippen molar-refractivity contribution >= 4 is 0 Å². The van der Waals surface area contributed by atoms with E-state index in [1.807, 2.05) is 6.20 Å². The SMILES string of the molecule is CCCNCC(C)Cc1nccn1CC. The molecule has 0 amide bonds. The van der Waals surface area contributed by atoms with Gasteiger partial charge < -0.3 is 9.88 Å². The topological polar surface area (TPSA) is 29.9 Å². The van der Waals surface area contributed by atoms with Crippen LogP contribution in [0, 0.1) is 5.92 Å². The van der Waals surface area contributed by atoms with Crippen LogP contribution in [0.15, 0.2) is 12.4 Å². The Balaban J connectivity index is 2.33. The first kappa shape index (κ1) is 12.2. The van der Waals surface area contributed by atoms with Gasteiger partial charge in [0.25, 0.3) is 0 Å². The molecule has 1 aromatic rings. The third kappa shape index (κ3) is 4.04. The van der Waals surface area contributed by atoms with Crippen molar-refractivity contribution in [3.05, 3.63) is 18.2 Å². The Kier molecular flexibility index (Phi) is 5.40. The van der Waals surface area contributed by atoms with Gasteiger partial charge in [0.05, 0.1) is 0 Å². The second kappa shape index (κ2) is 6.62. The van der Waals surface area contributed by atoms with Gasteiger partial charge in [-0.05, 0) is 32.4 Å². The largest absolute Gasteiger partial charge is 0.335 e. The molecule has 0 fully saturated rings. The number of aryl methyl sites for hydroxylation is 1. The smallest absolute Gasteiger partial charge is 0.108 e. The molecule has 15 heavy (non-hydrogen) atoms. The number of hydrogen-bond acceptors (Lipinski definition) is 2. The predicted molar refractivity (Wildman–Crippen MR) is 63.9 cm³/mol. The second-order valence-electron chi connectivity index (χ2n) is 4.14. The molecule has 3 nitrogen and oxygen atoms in total. The number of nitrogens with zero attached hydrogens (tertiary/aromatic N) is 2. The van der Waals surface area contributed by atoms with Crippen LogP contribution < -0.4 is 5.32 Å². The number of nitrogens with one attached hydrogen (secondary N) is 1. The minimum absolute atomic E-state index is 0.657. The van der Waals surface area contributed by atoms with E-state index in [9.17, 15) is 0 Å². The molecule has 0 radical (unpaired) electrons. The molecule has 0 aliphatic carbocycles. The van der Waals surface area contributed by atoms with Gasteiger partial charge in [0.15, 0.2) is 0 Å². The number of hydrogen-bond donors (Lipinski definition) is 1. The van der Waals surface area contributed by atoms with Gasteiger partial charge in [-0.15, -0.1) is 0 Å². The summed E-state index contributed by atoms with van der Waals surface area (Å²) in [5, 5.41) is 3.45. The predicted octanol–water partition coefficient (Wildman–Crippen LogP) is 2.08. The van der Waals surface area contributed by atoms with E-state index in [1.54, 1.807) is 0 Å². The summed E-state index contributed by atoms with van der Waals surface area (Å²) >= 11 is 0. The van der Waals surface area contributed by atoms with Crippen LogP contribution in [-0.2, 0) is 13.0 Å². The third-order valence-electron chi connectivity index (χ3n) is 2.59. The van der Waals surface area contributed by atoms with E-state index in [-0.39, 0.29) is 0 Å². The fraction of sp³-hybridized carbons (Fsp3) is 0.750. The molecular formula is C12H23N3. The maximum atomic E-state index is 4.39. The summed E-state index contributed by atoms with van der Waals surface area (Å²) in [6.07, 6.45) is 6.22. The van der Waals surface area contributed by atoms with Gasteiger partial charge in [0.1, 0.15) is 5.82 Å². The first-order valence-corrected chi connectivity index (χ1v) is 5.98. The Morgan fingerprint density at radius 1 is 1.47 bits per heavy atom. The molecule has 3 heteroatoms. The first-order chi connectivity index (χ1) is 7.27. The van der Waals surface area contributed by atoms with E-state index in [1.165, 1.54) is 12.2 Å². The van der Waals surface area contributed by atoms with E-state index < -0.39 is 0 Å². The zero-order valence-corrected chi connectivity index (χ0v) is 10.2. The average molecular weight is 209 g/mol. The van der Waals surface area contributed by atoms with Crippen molar-refractivity contribution in [3.8, 4) is 0 Å². The lowest BCUT2D eigenvalue weighted by Crippen LogP contribution is -2.24. The Hall–Kier alpha value is -0.830. The molecule has 1 rings (SSSR count). The van der Waals surface area contributed by atoms with E-state index in [2.05, 4.69) is 41.8 Å². The van der Waals surface area contributed by atoms with Crippen LogP contribution in [0.4, 0.5) is 0 Å². The van der Waals surface area contributed by atoms with Crippen molar-refractivity contribution in [2.24, 2.45) is 5.92 Å². The fourth-order valence-corrected chi connectivity index (χ4v) is 1.73. The van der Waals surface area contributed by atoms with Crippen molar-refractivity contribution in [3.63, 3.8) is 0 Å². The summed E-state index contributed by atoms with van der Waals surface area (Å²) in [5.74, 6) is 1.87. The molecule has 86 valence electrons. The molecule has 0 aliphatic heterocycles. The highest BCUT2D eigenvalue weighted by Crippen LogP contribution is 2.06.